The van der Waals surface area contributed by atoms with E-state index >= 15 is 0 Å². The van der Waals surface area contributed by atoms with Crippen LogP contribution < -0.4 is 0 Å². The first-order valence-electron chi connectivity index (χ1n) is 14.8. The molecule has 246 valence electrons. The summed E-state index contributed by atoms with van der Waals surface area (Å²) < 4.78 is 24.9. The summed E-state index contributed by atoms with van der Waals surface area (Å²) >= 11 is 0. The minimum absolute atomic E-state index is 0.134. The van der Waals surface area contributed by atoms with Crippen LogP contribution in [0.2, 0.25) is 0 Å². The standard InChI is InChI=1S/C16H26O5.C9H18O3.C7H14O2/c1-6-16(4,5)15(19)21-13-8-7-11(9-12(13)17)20-14(18)10(2)3;1-5-9(2,3)8(10)12-7-6-11-4;1-5-7(2,3)6(8)9-4/h11-13,17H,2,6-9H2,1,3-5H3;5-7H2,1-4H3;5H2,1-4H3. The molecule has 1 rings (SSSR count). The molecule has 1 aliphatic carbocycles. The maximum absolute atomic E-state index is 12.0. The van der Waals surface area contributed by atoms with Gasteiger partial charge in [-0.05, 0) is 80.6 Å². The zero-order valence-electron chi connectivity index (χ0n) is 28.2. The second-order valence-electron chi connectivity index (χ2n) is 12.5. The second-order valence-corrected chi connectivity index (χ2v) is 12.5. The molecular formula is C32H58O10. The lowest BCUT2D eigenvalue weighted by Gasteiger charge is -2.34. The van der Waals surface area contributed by atoms with Crippen molar-refractivity contribution in [1.82, 2.24) is 0 Å². The average Bonchev–Trinajstić information content (AvgIpc) is 2.94. The largest absolute Gasteiger partial charge is 0.469 e. The van der Waals surface area contributed by atoms with Gasteiger partial charge in [-0.1, -0.05) is 27.4 Å². The average molecular weight is 603 g/mol. The molecule has 0 saturated heterocycles. The third-order valence-corrected chi connectivity index (χ3v) is 7.60. The minimum Gasteiger partial charge on any atom is -0.469 e. The molecule has 0 aromatic carbocycles. The molecule has 1 saturated carbocycles. The van der Waals surface area contributed by atoms with E-state index in [4.69, 9.17) is 18.9 Å². The van der Waals surface area contributed by atoms with E-state index in [0.29, 0.717) is 38.0 Å². The predicted molar refractivity (Wildman–Crippen MR) is 161 cm³/mol. The van der Waals surface area contributed by atoms with Crippen molar-refractivity contribution >= 4 is 23.9 Å². The number of hydrogen-bond donors (Lipinski definition) is 1. The van der Waals surface area contributed by atoms with Crippen molar-refractivity contribution in [3.8, 4) is 0 Å². The second kappa shape index (κ2) is 19.7. The number of methoxy groups -OCH3 is 2. The van der Waals surface area contributed by atoms with Gasteiger partial charge in [0.1, 0.15) is 18.8 Å². The van der Waals surface area contributed by atoms with Gasteiger partial charge in [-0.25, -0.2) is 4.79 Å². The van der Waals surface area contributed by atoms with Crippen molar-refractivity contribution in [3.63, 3.8) is 0 Å². The zero-order valence-corrected chi connectivity index (χ0v) is 28.2. The van der Waals surface area contributed by atoms with Crippen LogP contribution in [0.4, 0.5) is 0 Å². The summed E-state index contributed by atoms with van der Waals surface area (Å²) in [6.45, 7) is 22.9. The third-order valence-electron chi connectivity index (χ3n) is 7.60. The molecule has 0 heterocycles. The van der Waals surface area contributed by atoms with E-state index in [1.165, 1.54) is 7.11 Å². The maximum Gasteiger partial charge on any atom is 0.333 e. The molecule has 10 nitrogen and oxygen atoms in total. The summed E-state index contributed by atoms with van der Waals surface area (Å²) in [6.07, 6.45) is 1.94. The van der Waals surface area contributed by atoms with Gasteiger partial charge < -0.3 is 28.8 Å². The molecule has 10 heteroatoms. The van der Waals surface area contributed by atoms with Crippen LogP contribution in [0.25, 0.3) is 0 Å². The van der Waals surface area contributed by atoms with E-state index in [9.17, 15) is 24.3 Å². The number of ether oxygens (including phenoxy) is 5. The van der Waals surface area contributed by atoms with Crippen molar-refractivity contribution < 1.29 is 48.0 Å². The van der Waals surface area contributed by atoms with E-state index < -0.39 is 23.6 Å². The molecule has 0 spiro atoms. The van der Waals surface area contributed by atoms with Crippen molar-refractivity contribution in [1.29, 1.82) is 0 Å². The fraction of sp³-hybridized carbons (Fsp3) is 0.812. The van der Waals surface area contributed by atoms with Crippen LogP contribution >= 0.6 is 0 Å². The van der Waals surface area contributed by atoms with E-state index in [1.807, 2.05) is 62.3 Å². The first kappa shape index (κ1) is 41.7. The number of carbonyl (C=O) groups excluding carboxylic acids is 4. The van der Waals surface area contributed by atoms with Crippen LogP contribution in [0.1, 0.15) is 108 Å². The van der Waals surface area contributed by atoms with E-state index in [-0.39, 0.29) is 41.3 Å². The summed E-state index contributed by atoms with van der Waals surface area (Å²) in [5, 5.41) is 10.1. The van der Waals surface area contributed by atoms with Crippen molar-refractivity contribution in [2.75, 3.05) is 27.4 Å². The SMILES string of the molecule is C=C(C)C(=O)OC1CCC(OC(=O)C(C)(C)CC)C(O)C1.CCC(C)(C)C(=O)OC.CCC(C)(C)C(=O)OCCOC. The molecule has 3 unspecified atom stereocenters. The predicted octanol–water partition coefficient (Wildman–Crippen LogP) is 5.57. The molecule has 0 bridgehead atoms. The molecule has 42 heavy (non-hydrogen) atoms. The Labute approximate surface area is 253 Å². The smallest absolute Gasteiger partial charge is 0.333 e. The number of esters is 4. The summed E-state index contributed by atoms with van der Waals surface area (Å²) in [5.74, 6) is -1.03. The molecular weight excluding hydrogens is 544 g/mol. The van der Waals surface area contributed by atoms with Crippen LogP contribution in [0.5, 0.6) is 0 Å². The quantitative estimate of drug-likeness (QED) is 0.131. The van der Waals surface area contributed by atoms with Gasteiger partial charge in [0, 0.05) is 19.1 Å². The van der Waals surface area contributed by atoms with Crippen LogP contribution in [0, 0.1) is 16.2 Å². The lowest BCUT2D eigenvalue weighted by atomic mass is 9.89. The highest BCUT2D eigenvalue weighted by Crippen LogP contribution is 2.29. The highest BCUT2D eigenvalue weighted by molar-refractivity contribution is 5.87. The van der Waals surface area contributed by atoms with Crippen LogP contribution in [0.3, 0.4) is 0 Å². The van der Waals surface area contributed by atoms with Crippen LogP contribution in [-0.2, 0) is 42.9 Å². The fourth-order valence-electron chi connectivity index (χ4n) is 3.00. The number of rotatable bonds is 12. The molecule has 0 aromatic heterocycles. The Morgan fingerprint density at radius 1 is 0.762 bits per heavy atom. The minimum atomic E-state index is -0.807. The van der Waals surface area contributed by atoms with Crippen molar-refractivity contribution in [3.05, 3.63) is 12.2 Å². The van der Waals surface area contributed by atoms with E-state index in [1.54, 1.807) is 14.0 Å². The molecule has 1 fully saturated rings. The van der Waals surface area contributed by atoms with Gasteiger partial charge in [0.05, 0.1) is 36.1 Å². The van der Waals surface area contributed by atoms with E-state index in [2.05, 4.69) is 11.3 Å². The Kier molecular flexibility index (Phi) is 19.5. The lowest BCUT2D eigenvalue weighted by molar-refractivity contribution is -0.174. The van der Waals surface area contributed by atoms with Gasteiger partial charge in [0.15, 0.2) is 0 Å². The molecule has 0 aliphatic heterocycles. The Morgan fingerprint density at radius 3 is 1.62 bits per heavy atom. The van der Waals surface area contributed by atoms with Crippen molar-refractivity contribution in [2.45, 2.75) is 126 Å². The van der Waals surface area contributed by atoms with Gasteiger partial charge in [0.25, 0.3) is 0 Å². The summed E-state index contributed by atoms with van der Waals surface area (Å²) in [7, 11) is 3.00. The first-order valence-corrected chi connectivity index (χ1v) is 14.8. The lowest BCUT2D eigenvalue weighted by Crippen LogP contribution is -2.42. The van der Waals surface area contributed by atoms with Gasteiger partial charge in [-0.3, -0.25) is 14.4 Å². The summed E-state index contributed by atoms with van der Waals surface area (Å²) in [4.78, 5) is 45.6. The van der Waals surface area contributed by atoms with Gasteiger partial charge in [-0.2, -0.15) is 0 Å². The van der Waals surface area contributed by atoms with Gasteiger partial charge >= 0.3 is 23.9 Å². The summed E-state index contributed by atoms with van der Waals surface area (Å²) in [5.41, 5.74) is -0.895. The normalized spacial score (nSPS) is 18.6. The third kappa shape index (κ3) is 15.7. The highest BCUT2D eigenvalue weighted by Gasteiger charge is 2.37. The molecule has 3 atom stereocenters. The zero-order chi connectivity index (χ0) is 33.3. The Hall–Kier alpha value is -2.46. The number of hydrogen-bond acceptors (Lipinski definition) is 10. The molecule has 1 aliphatic rings. The molecule has 0 radical (unpaired) electrons. The maximum atomic E-state index is 12.0. The molecule has 1 N–H and O–H groups in total. The summed E-state index contributed by atoms with van der Waals surface area (Å²) in [6, 6.07) is 0. The Bertz CT molecular complexity index is 859. The number of aliphatic hydroxyl groups is 1. The molecule has 0 aromatic rings. The Balaban J connectivity index is 0. The van der Waals surface area contributed by atoms with Crippen LogP contribution in [0.15, 0.2) is 12.2 Å². The van der Waals surface area contributed by atoms with Gasteiger partial charge in [-0.15, -0.1) is 0 Å². The monoisotopic (exact) mass is 602 g/mol. The number of aliphatic hydroxyl groups excluding tert-OH is 1. The Morgan fingerprint density at radius 2 is 1.24 bits per heavy atom. The van der Waals surface area contributed by atoms with Crippen LogP contribution in [-0.4, -0.2) is 74.7 Å². The van der Waals surface area contributed by atoms with Gasteiger partial charge in [0.2, 0.25) is 0 Å². The molecule has 0 amide bonds. The first-order chi connectivity index (χ1) is 19.3. The van der Waals surface area contributed by atoms with Crippen molar-refractivity contribution in [2.24, 2.45) is 16.2 Å². The highest BCUT2D eigenvalue weighted by atomic mass is 16.6. The topological polar surface area (TPSA) is 135 Å². The van der Waals surface area contributed by atoms with E-state index in [0.717, 1.165) is 12.8 Å². The number of carbonyl (C=O) groups is 4. The fourth-order valence-corrected chi connectivity index (χ4v) is 3.00.